The number of aliphatic carboxylic acids is 1. The van der Waals surface area contributed by atoms with Crippen LogP contribution in [0.3, 0.4) is 0 Å². The molecule has 0 radical (unpaired) electrons. The number of carbonyl (C=O) groups is 2. The van der Waals surface area contributed by atoms with Gasteiger partial charge in [-0.25, -0.2) is 13.2 Å². The highest BCUT2D eigenvalue weighted by Crippen LogP contribution is 2.21. The fourth-order valence-electron chi connectivity index (χ4n) is 2.98. The van der Waals surface area contributed by atoms with Crippen LogP contribution in [0, 0.1) is 20.8 Å². The van der Waals surface area contributed by atoms with Crippen molar-refractivity contribution in [2.45, 2.75) is 38.3 Å². The number of hydrogen-bond acceptors (Lipinski definition) is 5. The number of sulfonamides is 1. The second kappa shape index (κ2) is 9.53. The van der Waals surface area contributed by atoms with Crippen LogP contribution in [0.1, 0.15) is 22.3 Å². The first-order valence-electron chi connectivity index (χ1n) is 8.87. The Bertz CT molecular complexity index is 966. The quantitative estimate of drug-likeness (QED) is 0.602. The van der Waals surface area contributed by atoms with Gasteiger partial charge in [-0.05, 0) is 37.5 Å². The zero-order valence-corrected chi connectivity index (χ0v) is 17.2. The predicted octanol–water partition coefficient (Wildman–Crippen LogP) is 2.27. The van der Waals surface area contributed by atoms with Gasteiger partial charge >= 0.3 is 12.1 Å². The highest BCUT2D eigenvalue weighted by Gasteiger charge is 2.28. The largest absolute Gasteiger partial charge is 0.480 e. The molecule has 3 N–H and O–H groups in total. The van der Waals surface area contributed by atoms with Gasteiger partial charge in [-0.15, -0.1) is 0 Å². The Balaban J connectivity index is 2.02. The van der Waals surface area contributed by atoms with Crippen LogP contribution in [0.25, 0.3) is 0 Å². The minimum atomic E-state index is -4.11. The highest BCUT2D eigenvalue weighted by atomic mass is 32.2. The Morgan fingerprint density at radius 3 is 2.21 bits per heavy atom. The van der Waals surface area contributed by atoms with Crippen molar-refractivity contribution in [2.24, 2.45) is 0 Å². The molecule has 0 fully saturated rings. The Kier molecular flexibility index (Phi) is 7.35. The molecule has 2 rings (SSSR count). The fourth-order valence-corrected chi connectivity index (χ4v) is 4.62. The van der Waals surface area contributed by atoms with Gasteiger partial charge in [0, 0.05) is 6.54 Å². The normalized spacial score (nSPS) is 12.2. The average molecular weight is 420 g/mol. The maximum Gasteiger partial charge on any atom is 0.407 e. The molecule has 156 valence electrons. The van der Waals surface area contributed by atoms with E-state index in [0.717, 1.165) is 11.1 Å². The van der Waals surface area contributed by atoms with E-state index in [1.807, 2.05) is 13.0 Å². The van der Waals surface area contributed by atoms with Crippen molar-refractivity contribution in [3.05, 3.63) is 64.7 Å². The zero-order valence-electron chi connectivity index (χ0n) is 16.4. The van der Waals surface area contributed by atoms with E-state index >= 15 is 0 Å². The number of rotatable bonds is 8. The minimum absolute atomic E-state index is 0.0118. The molecule has 1 amide bonds. The molecule has 0 heterocycles. The van der Waals surface area contributed by atoms with E-state index in [1.54, 1.807) is 50.2 Å². The predicted molar refractivity (Wildman–Crippen MR) is 107 cm³/mol. The maximum atomic E-state index is 12.7. The molecule has 0 aromatic heterocycles. The summed E-state index contributed by atoms with van der Waals surface area (Å²) in [6.07, 6.45) is -0.845. The van der Waals surface area contributed by atoms with Gasteiger partial charge in [0.25, 0.3) is 0 Å². The van der Waals surface area contributed by atoms with E-state index in [0.29, 0.717) is 11.1 Å². The monoisotopic (exact) mass is 420 g/mol. The summed E-state index contributed by atoms with van der Waals surface area (Å²) >= 11 is 0. The molecule has 1 atom stereocenters. The Hall–Kier alpha value is -2.91. The number of aryl methyl sites for hydroxylation is 3. The third kappa shape index (κ3) is 6.30. The van der Waals surface area contributed by atoms with E-state index in [9.17, 15) is 23.1 Å². The first-order valence-corrected chi connectivity index (χ1v) is 10.4. The number of carboxylic acid groups (broad SMARTS) is 1. The molecular formula is C20H24N2O6S. The average Bonchev–Trinajstić information content (AvgIpc) is 2.62. The van der Waals surface area contributed by atoms with Crippen molar-refractivity contribution >= 4 is 22.1 Å². The zero-order chi connectivity index (χ0) is 21.6. The van der Waals surface area contributed by atoms with Crippen LogP contribution in [0.4, 0.5) is 4.79 Å². The number of benzene rings is 2. The summed E-state index contributed by atoms with van der Waals surface area (Å²) < 4.78 is 32.6. The van der Waals surface area contributed by atoms with E-state index in [-0.39, 0.29) is 11.5 Å². The summed E-state index contributed by atoms with van der Waals surface area (Å²) in [6.45, 7) is 4.67. The van der Waals surface area contributed by atoms with E-state index < -0.39 is 34.7 Å². The number of carboxylic acids is 1. The van der Waals surface area contributed by atoms with Crippen LogP contribution >= 0.6 is 0 Å². The van der Waals surface area contributed by atoms with Crippen molar-refractivity contribution in [2.75, 3.05) is 6.54 Å². The van der Waals surface area contributed by atoms with Gasteiger partial charge in [0.2, 0.25) is 10.0 Å². The van der Waals surface area contributed by atoms with Crippen molar-refractivity contribution < 1.29 is 27.9 Å². The Labute approximate surface area is 169 Å². The van der Waals surface area contributed by atoms with Crippen LogP contribution in [0.15, 0.2) is 47.4 Å². The van der Waals surface area contributed by atoms with Crippen molar-refractivity contribution in [1.82, 2.24) is 10.0 Å². The molecule has 0 saturated heterocycles. The molecule has 0 aliphatic rings. The van der Waals surface area contributed by atoms with Crippen molar-refractivity contribution in [1.29, 1.82) is 0 Å². The molecule has 0 bridgehead atoms. The number of amides is 1. The molecule has 9 heteroatoms. The second-order valence-electron chi connectivity index (χ2n) is 6.68. The highest BCUT2D eigenvalue weighted by molar-refractivity contribution is 7.89. The van der Waals surface area contributed by atoms with Crippen LogP contribution in [-0.4, -0.2) is 38.2 Å². The van der Waals surface area contributed by atoms with Crippen LogP contribution in [0.2, 0.25) is 0 Å². The van der Waals surface area contributed by atoms with Crippen molar-refractivity contribution in [3.8, 4) is 0 Å². The van der Waals surface area contributed by atoms with Gasteiger partial charge in [-0.1, -0.05) is 48.0 Å². The smallest absolute Gasteiger partial charge is 0.407 e. The lowest BCUT2D eigenvalue weighted by Gasteiger charge is -2.18. The summed E-state index contributed by atoms with van der Waals surface area (Å²) in [5, 5.41) is 11.6. The van der Waals surface area contributed by atoms with E-state index in [2.05, 4.69) is 10.0 Å². The summed E-state index contributed by atoms with van der Waals surface area (Å²) in [5.41, 5.74) is 2.68. The first kappa shape index (κ1) is 22.4. The lowest BCUT2D eigenvalue weighted by Crippen LogP contribution is -2.48. The number of nitrogens with one attached hydrogen (secondary N) is 2. The summed E-state index contributed by atoms with van der Waals surface area (Å²) in [5.74, 6) is -1.42. The summed E-state index contributed by atoms with van der Waals surface area (Å²) in [4.78, 5) is 23.4. The first-order chi connectivity index (χ1) is 13.6. The van der Waals surface area contributed by atoms with Gasteiger partial charge in [0.05, 0.1) is 4.90 Å². The number of alkyl carbamates (subject to hydrolysis) is 1. The standard InChI is InChI=1S/C20H24N2O6S/c1-13-9-14(2)18(15(3)10-13)29(26,27)22-17(19(23)24)11-21-20(25)28-12-16-7-5-4-6-8-16/h4-10,17,22H,11-12H2,1-3H3,(H,21,25)(H,23,24). The molecule has 29 heavy (non-hydrogen) atoms. The summed E-state index contributed by atoms with van der Waals surface area (Å²) in [6, 6.07) is 10.8. The van der Waals surface area contributed by atoms with Crippen LogP contribution in [-0.2, 0) is 26.2 Å². The minimum Gasteiger partial charge on any atom is -0.480 e. The third-order valence-electron chi connectivity index (χ3n) is 4.13. The molecule has 1 unspecified atom stereocenters. The van der Waals surface area contributed by atoms with E-state index in [4.69, 9.17) is 4.74 Å². The molecule has 0 spiro atoms. The molecule has 8 nitrogen and oxygen atoms in total. The van der Waals surface area contributed by atoms with Gasteiger partial charge in [-0.3, -0.25) is 4.79 Å². The number of ether oxygens (including phenoxy) is 1. The number of hydrogen-bond donors (Lipinski definition) is 3. The van der Waals surface area contributed by atoms with Gasteiger partial charge < -0.3 is 15.2 Å². The molecule has 0 aliphatic heterocycles. The van der Waals surface area contributed by atoms with Crippen molar-refractivity contribution in [3.63, 3.8) is 0 Å². The molecular weight excluding hydrogens is 396 g/mol. The molecule has 0 saturated carbocycles. The van der Waals surface area contributed by atoms with Gasteiger partial charge in [0.15, 0.2) is 0 Å². The van der Waals surface area contributed by atoms with Crippen LogP contribution in [0.5, 0.6) is 0 Å². The lowest BCUT2D eigenvalue weighted by atomic mass is 10.1. The fraction of sp³-hybridized carbons (Fsp3) is 0.300. The van der Waals surface area contributed by atoms with Gasteiger partial charge in [0.1, 0.15) is 12.6 Å². The third-order valence-corrected chi connectivity index (χ3v) is 5.91. The SMILES string of the molecule is Cc1cc(C)c(S(=O)(=O)NC(CNC(=O)OCc2ccccc2)C(=O)O)c(C)c1. The maximum absolute atomic E-state index is 12.7. The molecule has 0 aliphatic carbocycles. The Morgan fingerprint density at radius 2 is 1.66 bits per heavy atom. The molecule has 2 aromatic carbocycles. The molecule has 2 aromatic rings. The van der Waals surface area contributed by atoms with Gasteiger partial charge in [-0.2, -0.15) is 4.72 Å². The summed E-state index contributed by atoms with van der Waals surface area (Å²) in [7, 11) is -4.11. The lowest BCUT2D eigenvalue weighted by molar-refractivity contribution is -0.138. The van der Waals surface area contributed by atoms with Crippen LogP contribution < -0.4 is 10.0 Å². The second-order valence-corrected chi connectivity index (χ2v) is 8.33. The van der Waals surface area contributed by atoms with E-state index in [1.165, 1.54) is 0 Å². The number of carbonyl (C=O) groups excluding carboxylic acids is 1. The Morgan fingerprint density at radius 1 is 1.07 bits per heavy atom. The topological polar surface area (TPSA) is 122 Å².